The molecular formula is C15H23IN2O2. The van der Waals surface area contributed by atoms with Gasteiger partial charge in [0.15, 0.2) is 0 Å². The Hall–Kier alpha value is -0.210. The molecule has 0 aliphatic carbocycles. The van der Waals surface area contributed by atoms with E-state index in [1.807, 2.05) is 6.92 Å². The molecule has 0 amide bonds. The summed E-state index contributed by atoms with van der Waals surface area (Å²) in [7, 11) is 0. The number of rotatable bonds is 6. The van der Waals surface area contributed by atoms with Gasteiger partial charge in [0.05, 0.1) is 11.6 Å². The molecule has 2 rings (SSSR count). The van der Waals surface area contributed by atoms with Gasteiger partial charge in [-0.1, -0.05) is 12.1 Å². The molecule has 5 heteroatoms. The van der Waals surface area contributed by atoms with Crippen LogP contribution in [0.15, 0.2) is 24.3 Å². The van der Waals surface area contributed by atoms with Crippen molar-refractivity contribution >= 4 is 22.6 Å². The van der Waals surface area contributed by atoms with Crippen LogP contribution in [0, 0.1) is 3.57 Å². The minimum atomic E-state index is -0.218. The molecule has 1 atom stereocenters. The first-order valence-corrected chi connectivity index (χ1v) is 8.20. The van der Waals surface area contributed by atoms with Crippen LogP contribution in [0.2, 0.25) is 0 Å². The zero-order valence-electron chi connectivity index (χ0n) is 11.9. The van der Waals surface area contributed by atoms with Crippen molar-refractivity contribution in [2.75, 3.05) is 19.8 Å². The Balaban J connectivity index is 2.13. The average molecular weight is 390 g/mol. The molecule has 20 heavy (non-hydrogen) atoms. The molecule has 3 N–H and O–H groups in total. The SMILES string of the molecule is CCOC1(C(Cc2ccc(I)cc2)NN)CCOCC1. The highest BCUT2D eigenvalue weighted by Gasteiger charge is 2.40. The summed E-state index contributed by atoms with van der Waals surface area (Å²) in [4.78, 5) is 0. The monoisotopic (exact) mass is 390 g/mol. The van der Waals surface area contributed by atoms with Gasteiger partial charge in [-0.15, -0.1) is 0 Å². The normalized spacial score (nSPS) is 19.8. The fourth-order valence-corrected chi connectivity index (χ4v) is 3.21. The highest BCUT2D eigenvalue weighted by molar-refractivity contribution is 14.1. The Bertz CT molecular complexity index is 399. The standard InChI is InChI=1S/C15H23IN2O2/c1-2-20-15(7-9-19-10-8-15)14(18-17)11-12-3-5-13(16)6-4-12/h3-6,14,18H,2,7-11,17H2,1H3. The zero-order chi connectivity index (χ0) is 14.4. The Kier molecular flexibility index (Phi) is 6.22. The predicted octanol–water partition coefficient (Wildman–Crippen LogP) is 2.25. The second kappa shape index (κ2) is 7.70. The van der Waals surface area contributed by atoms with Crippen LogP contribution in [0.3, 0.4) is 0 Å². The fraction of sp³-hybridized carbons (Fsp3) is 0.600. The smallest absolute Gasteiger partial charge is 0.0895 e. The number of hydrazine groups is 1. The molecule has 1 saturated heterocycles. The average Bonchev–Trinajstić information content (AvgIpc) is 2.48. The number of nitrogens with two attached hydrogens (primary N) is 1. The van der Waals surface area contributed by atoms with Crippen LogP contribution in [-0.2, 0) is 15.9 Å². The number of ether oxygens (including phenoxy) is 2. The molecule has 1 aromatic rings. The maximum Gasteiger partial charge on any atom is 0.0895 e. The molecule has 0 spiro atoms. The number of nitrogens with one attached hydrogen (secondary N) is 1. The summed E-state index contributed by atoms with van der Waals surface area (Å²) < 4.78 is 12.8. The molecule has 1 aliphatic heterocycles. The van der Waals surface area contributed by atoms with Gasteiger partial charge < -0.3 is 9.47 Å². The molecule has 1 unspecified atom stereocenters. The molecule has 0 bridgehead atoms. The van der Waals surface area contributed by atoms with Crippen molar-refractivity contribution < 1.29 is 9.47 Å². The van der Waals surface area contributed by atoms with Crippen molar-refractivity contribution in [1.82, 2.24) is 5.43 Å². The highest BCUT2D eigenvalue weighted by atomic mass is 127. The number of benzene rings is 1. The lowest BCUT2D eigenvalue weighted by Crippen LogP contribution is -2.58. The fourth-order valence-electron chi connectivity index (χ4n) is 2.85. The second-order valence-corrected chi connectivity index (χ2v) is 6.41. The van der Waals surface area contributed by atoms with E-state index in [1.165, 1.54) is 9.13 Å². The van der Waals surface area contributed by atoms with E-state index in [0.717, 1.165) is 32.5 Å². The van der Waals surface area contributed by atoms with Crippen LogP contribution in [0.1, 0.15) is 25.3 Å². The molecule has 1 heterocycles. The molecule has 1 aromatic carbocycles. The van der Waals surface area contributed by atoms with Crippen LogP contribution < -0.4 is 11.3 Å². The van der Waals surface area contributed by atoms with Crippen molar-refractivity contribution in [2.45, 2.75) is 37.8 Å². The van der Waals surface area contributed by atoms with Gasteiger partial charge in [-0.05, 0) is 53.6 Å². The largest absolute Gasteiger partial charge is 0.381 e. The quantitative estimate of drug-likeness (QED) is 0.445. The third-order valence-electron chi connectivity index (χ3n) is 3.96. The first-order valence-electron chi connectivity index (χ1n) is 7.12. The van der Waals surface area contributed by atoms with E-state index < -0.39 is 0 Å². The van der Waals surface area contributed by atoms with E-state index in [4.69, 9.17) is 15.3 Å². The molecule has 0 radical (unpaired) electrons. The third-order valence-corrected chi connectivity index (χ3v) is 4.68. The van der Waals surface area contributed by atoms with Crippen molar-refractivity contribution in [2.24, 2.45) is 5.84 Å². The Labute approximate surface area is 134 Å². The zero-order valence-corrected chi connectivity index (χ0v) is 14.1. The molecule has 0 aromatic heterocycles. The first kappa shape index (κ1) is 16.2. The van der Waals surface area contributed by atoms with E-state index in [9.17, 15) is 0 Å². The Morgan fingerprint density at radius 3 is 2.55 bits per heavy atom. The van der Waals surface area contributed by atoms with Crippen LogP contribution >= 0.6 is 22.6 Å². The molecule has 0 saturated carbocycles. The van der Waals surface area contributed by atoms with Gasteiger partial charge in [0.2, 0.25) is 0 Å². The lowest BCUT2D eigenvalue weighted by atomic mass is 9.83. The second-order valence-electron chi connectivity index (χ2n) is 5.16. The predicted molar refractivity (Wildman–Crippen MR) is 88.4 cm³/mol. The topological polar surface area (TPSA) is 56.5 Å². The molecule has 112 valence electrons. The number of halogens is 1. The lowest BCUT2D eigenvalue weighted by Gasteiger charge is -2.42. The van der Waals surface area contributed by atoms with Crippen molar-refractivity contribution in [3.05, 3.63) is 33.4 Å². The van der Waals surface area contributed by atoms with Crippen molar-refractivity contribution in [3.8, 4) is 0 Å². The van der Waals surface area contributed by atoms with Crippen molar-refractivity contribution in [3.63, 3.8) is 0 Å². The van der Waals surface area contributed by atoms with Crippen LogP contribution in [-0.4, -0.2) is 31.5 Å². The Morgan fingerprint density at radius 2 is 2.00 bits per heavy atom. The van der Waals surface area contributed by atoms with Crippen LogP contribution in [0.5, 0.6) is 0 Å². The maximum absolute atomic E-state index is 6.10. The molecular weight excluding hydrogens is 367 g/mol. The third kappa shape index (κ3) is 3.92. The van der Waals surface area contributed by atoms with Crippen molar-refractivity contribution in [1.29, 1.82) is 0 Å². The minimum Gasteiger partial charge on any atom is -0.381 e. The minimum absolute atomic E-state index is 0.103. The summed E-state index contributed by atoms with van der Waals surface area (Å²) in [6.07, 6.45) is 2.65. The highest BCUT2D eigenvalue weighted by Crippen LogP contribution is 2.30. The Morgan fingerprint density at radius 1 is 1.35 bits per heavy atom. The summed E-state index contributed by atoms with van der Waals surface area (Å²) in [6, 6.07) is 8.67. The summed E-state index contributed by atoms with van der Waals surface area (Å²) >= 11 is 2.32. The molecule has 4 nitrogen and oxygen atoms in total. The van der Waals surface area contributed by atoms with E-state index >= 15 is 0 Å². The van der Waals surface area contributed by atoms with Gasteiger partial charge in [-0.25, -0.2) is 0 Å². The van der Waals surface area contributed by atoms with Crippen LogP contribution in [0.4, 0.5) is 0 Å². The van der Waals surface area contributed by atoms with Gasteiger partial charge in [-0.3, -0.25) is 11.3 Å². The summed E-state index contributed by atoms with van der Waals surface area (Å²) in [5, 5.41) is 0. The van der Waals surface area contributed by atoms with Gasteiger partial charge >= 0.3 is 0 Å². The van der Waals surface area contributed by atoms with Gasteiger partial charge in [0.1, 0.15) is 0 Å². The number of hydrogen-bond acceptors (Lipinski definition) is 4. The van der Waals surface area contributed by atoms with Gasteiger partial charge in [-0.2, -0.15) is 0 Å². The summed E-state index contributed by atoms with van der Waals surface area (Å²) in [6.45, 7) is 4.22. The molecule has 1 aliphatic rings. The molecule has 1 fully saturated rings. The summed E-state index contributed by atoms with van der Waals surface area (Å²) in [5.41, 5.74) is 4.04. The van der Waals surface area contributed by atoms with E-state index in [-0.39, 0.29) is 11.6 Å². The maximum atomic E-state index is 6.10. The van der Waals surface area contributed by atoms with E-state index in [2.05, 4.69) is 52.3 Å². The van der Waals surface area contributed by atoms with E-state index in [0.29, 0.717) is 6.61 Å². The van der Waals surface area contributed by atoms with Gasteiger partial charge in [0, 0.05) is 36.2 Å². The van der Waals surface area contributed by atoms with E-state index in [1.54, 1.807) is 0 Å². The summed E-state index contributed by atoms with van der Waals surface area (Å²) in [5.74, 6) is 5.82. The van der Waals surface area contributed by atoms with Crippen LogP contribution in [0.25, 0.3) is 0 Å². The first-order chi connectivity index (χ1) is 9.70. The van der Waals surface area contributed by atoms with Gasteiger partial charge in [0.25, 0.3) is 0 Å². The number of hydrogen-bond donors (Lipinski definition) is 2. The lowest BCUT2D eigenvalue weighted by molar-refractivity contribution is -0.126.